The van der Waals surface area contributed by atoms with E-state index in [1.165, 1.54) is 5.56 Å². The Bertz CT molecular complexity index is 1240. The number of rotatable bonds is 5. The Hall–Kier alpha value is -3.45. The van der Waals surface area contributed by atoms with Crippen LogP contribution in [-0.2, 0) is 6.54 Å². The fraction of sp³-hybridized carbons (Fsp3) is 0.217. The van der Waals surface area contributed by atoms with Crippen LogP contribution in [0, 0.1) is 27.7 Å². The second kappa shape index (κ2) is 8.35. The molecule has 8 heteroatoms. The Labute approximate surface area is 185 Å². The number of nitrogens with zero attached hydrogens (tertiary/aromatic N) is 5. The summed E-state index contributed by atoms with van der Waals surface area (Å²) in [6, 6.07) is 13.7. The molecule has 31 heavy (non-hydrogen) atoms. The van der Waals surface area contributed by atoms with Crippen LogP contribution in [0.2, 0.25) is 5.15 Å². The van der Waals surface area contributed by atoms with Crippen LogP contribution in [0.5, 0.6) is 0 Å². The van der Waals surface area contributed by atoms with E-state index < -0.39 is 0 Å². The van der Waals surface area contributed by atoms with Crippen molar-refractivity contribution in [3.05, 3.63) is 87.6 Å². The minimum Gasteiger partial charge on any atom is -0.320 e. The summed E-state index contributed by atoms with van der Waals surface area (Å²) in [6.45, 7) is 8.21. The quantitative estimate of drug-likeness (QED) is 0.496. The molecule has 158 valence electrons. The highest BCUT2D eigenvalue weighted by molar-refractivity contribution is 6.33. The number of anilines is 1. The van der Waals surface area contributed by atoms with Crippen molar-refractivity contribution < 1.29 is 4.79 Å². The monoisotopic (exact) mass is 434 g/mol. The highest BCUT2D eigenvalue weighted by Gasteiger charge is 2.21. The molecule has 0 atom stereocenters. The first kappa shape index (κ1) is 20.8. The lowest BCUT2D eigenvalue weighted by atomic mass is 10.1. The van der Waals surface area contributed by atoms with Crippen LogP contribution < -0.4 is 5.32 Å². The molecule has 0 spiro atoms. The molecule has 3 aromatic heterocycles. The molecule has 1 aromatic carbocycles. The molecule has 0 aliphatic heterocycles. The van der Waals surface area contributed by atoms with E-state index in [9.17, 15) is 4.79 Å². The second-order valence-electron chi connectivity index (χ2n) is 7.59. The zero-order chi connectivity index (χ0) is 22.1. The normalized spacial score (nSPS) is 11.0. The average Bonchev–Trinajstić information content (AvgIpc) is 3.21. The zero-order valence-electron chi connectivity index (χ0n) is 17.8. The van der Waals surface area contributed by atoms with Crippen molar-refractivity contribution in [3.63, 3.8) is 0 Å². The van der Waals surface area contributed by atoms with Gasteiger partial charge in [0, 0.05) is 5.69 Å². The highest BCUT2D eigenvalue weighted by atomic mass is 35.5. The summed E-state index contributed by atoms with van der Waals surface area (Å²) >= 11 is 6.51. The number of aryl methyl sites for hydroxylation is 4. The lowest BCUT2D eigenvalue weighted by Crippen LogP contribution is -2.14. The van der Waals surface area contributed by atoms with Crippen molar-refractivity contribution in [3.8, 4) is 5.82 Å². The van der Waals surface area contributed by atoms with Gasteiger partial charge in [0.05, 0.1) is 35.4 Å². The van der Waals surface area contributed by atoms with Gasteiger partial charge in [0.2, 0.25) is 0 Å². The van der Waals surface area contributed by atoms with Gasteiger partial charge in [0.25, 0.3) is 5.91 Å². The molecule has 0 saturated heterocycles. The minimum absolute atomic E-state index is 0.308. The maximum atomic E-state index is 12.9. The van der Waals surface area contributed by atoms with Crippen LogP contribution in [-0.4, -0.2) is 30.5 Å². The number of pyridine rings is 1. The summed E-state index contributed by atoms with van der Waals surface area (Å²) in [5.74, 6) is 0.363. The summed E-state index contributed by atoms with van der Waals surface area (Å²) in [5, 5.41) is 12.0. The predicted octanol–water partition coefficient (Wildman–Crippen LogP) is 4.65. The highest BCUT2D eigenvalue weighted by Crippen LogP contribution is 2.23. The van der Waals surface area contributed by atoms with Crippen molar-refractivity contribution in [2.75, 3.05) is 5.32 Å². The number of amides is 1. The van der Waals surface area contributed by atoms with Gasteiger partial charge in [0.15, 0.2) is 5.82 Å². The van der Waals surface area contributed by atoms with E-state index in [1.807, 2.05) is 57.2 Å². The summed E-state index contributed by atoms with van der Waals surface area (Å²) < 4.78 is 3.40. The van der Waals surface area contributed by atoms with Gasteiger partial charge in [-0.2, -0.15) is 10.2 Å². The molecule has 1 N–H and O–H groups in total. The largest absolute Gasteiger partial charge is 0.320 e. The molecule has 0 fully saturated rings. The molecule has 0 aliphatic carbocycles. The van der Waals surface area contributed by atoms with Gasteiger partial charge >= 0.3 is 0 Å². The van der Waals surface area contributed by atoms with E-state index in [-0.39, 0.29) is 5.91 Å². The van der Waals surface area contributed by atoms with E-state index in [0.29, 0.717) is 34.5 Å². The van der Waals surface area contributed by atoms with Crippen LogP contribution in [0.3, 0.4) is 0 Å². The molecule has 0 bridgehead atoms. The maximum Gasteiger partial charge on any atom is 0.260 e. The first-order chi connectivity index (χ1) is 14.8. The number of carbonyl (C=O) groups is 1. The Kier molecular flexibility index (Phi) is 5.61. The van der Waals surface area contributed by atoms with Crippen LogP contribution in [0.4, 0.5) is 5.69 Å². The molecule has 0 saturated carbocycles. The van der Waals surface area contributed by atoms with Gasteiger partial charge in [-0.1, -0.05) is 41.4 Å². The molecule has 4 aromatic rings. The van der Waals surface area contributed by atoms with E-state index in [1.54, 1.807) is 28.6 Å². The average molecular weight is 435 g/mol. The van der Waals surface area contributed by atoms with Gasteiger partial charge in [-0.25, -0.2) is 14.3 Å². The second-order valence-corrected chi connectivity index (χ2v) is 7.95. The molecule has 1 amide bonds. The third-order valence-corrected chi connectivity index (χ3v) is 5.36. The summed E-state index contributed by atoms with van der Waals surface area (Å²) in [7, 11) is 0. The van der Waals surface area contributed by atoms with Crippen molar-refractivity contribution in [1.82, 2.24) is 24.5 Å². The lowest BCUT2D eigenvalue weighted by molar-refractivity contribution is 0.102. The Balaban J connectivity index is 1.51. The Morgan fingerprint density at radius 1 is 1.03 bits per heavy atom. The van der Waals surface area contributed by atoms with E-state index >= 15 is 0 Å². The standard InChI is InChI=1S/C23H23ClN6O/c1-14-5-7-18(8-6-14)13-29-22(24)21(17(4)28-29)23(31)26-19-9-10-20(25-12-19)30-16(3)11-15(2)27-30/h5-12H,13H2,1-4H3,(H,26,31). The molecule has 7 nitrogen and oxygen atoms in total. The summed E-state index contributed by atoms with van der Waals surface area (Å²) in [5.41, 5.74) is 5.65. The van der Waals surface area contributed by atoms with E-state index in [4.69, 9.17) is 11.6 Å². The number of benzene rings is 1. The molecule has 3 heterocycles. The number of aromatic nitrogens is 5. The molecule has 0 aliphatic rings. The zero-order valence-corrected chi connectivity index (χ0v) is 18.6. The van der Waals surface area contributed by atoms with Crippen LogP contribution in [0.15, 0.2) is 48.7 Å². The molecule has 0 unspecified atom stereocenters. The third kappa shape index (κ3) is 4.36. The number of carbonyl (C=O) groups excluding carboxylic acids is 1. The topological polar surface area (TPSA) is 77.6 Å². The van der Waals surface area contributed by atoms with Crippen LogP contribution in [0.25, 0.3) is 5.82 Å². The molecule has 4 rings (SSSR count). The fourth-order valence-corrected chi connectivity index (χ4v) is 3.74. The first-order valence-corrected chi connectivity index (χ1v) is 10.3. The number of hydrogen-bond acceptors (Lipinski definition) is 4. The molecule has 0 radical (unpaired) electrons. The fourth-order valence-electron chi connectivity index (χ4n) is 3.42. The van der Waals surface area contributed by atoms with Gasteiger partial charge in [0.1, 0.15) is 5.15 Å². The number of halogens is 1. The Morgan fingerprint density at radius 3 is 2.39 bits per heavy atom. The van der Waals surface area contributed by atoms with Crippen LogP contribution >= 0.6 is 11.6 Å². The number of hydrogen-bond donors (Lipinski definition) is 1. The SMILES string of the molecule is Cc1ccc(Cn2nc(C)c(C(=O)Nc3ccc(-n4nc(C)cc4C)nc3)c2Cl)cc1. The summed E-state index contributed by atoms with van der Waals surface area (Å²) in [4.78, 5) is 17.3. The lowest BCUT2D eigenvalue weighted by Gasteiger charge is -2.08. The minimum atomic E-state index is -0.321. The first-order valence-electron chi connectivity index (χ1n) is 9.91. The Morgan fingerprint density at radius 2 is 1.77 bits per heavy atom. The van der Waals surface area contributed by atoms with Crippen molar-refractivity contribution in [2.45, 2.75) is 34.2 Å². The van der Waals surface area contributed by atoms with Gasteiger partial charge in [-0.15, -0.1) is 0 Å². The van der Waals surface area contributed by atoms with Gasteiger partial charge in [-0.05, 0) is 51.5 Å². The number of nitrogens with one attached hydrogen (secondary N) is 1. The van der Waals surface area contributed by atoms with Crippen molar-refractivity contribution >= 4 is 23.2 Å². The third-order valence-electron chi connectivity index (χ3n) is 4.98. The summed E-state index contributed by atoms with van der Waals surface area (Å²) in [6.07, 6.45) is 1.60. The molecular weight excluding hydrogens is 412 g/mol. The van der Waals surface area contributed by atoms with Gasteiger partial charge in [-0.3, -0.25) is 4.79 Å². The van der Waals surface area contributed by atoms with Crippen molar-refractivity contribution in [1.29, 1.82) is 0 Å². The van der Waals surface area contributed by atoms with Crippen molar-refractivity contribution in [2.24, 2.45) is 0 Å². The van der Waals surface area contributed by atoms with E-state index in [2.05, 4.69) is 20.5 Å². The predicted molar refractivity (Wildman–Crippen MR) is 121 cm³/mol. The van der Waals surface area contributed by atoms with E-state index in [0.717, 1.165) is 17.0 Å². The molecular formula is C23H23ClN6O. The maximum absolute atomic E-state index is 12.9. The van der Waals surface area contributed by atoms with Gasteiger partial charge < -0.3 is 5.32 Å². The van der Waals surface area contributed by atoms with Crippen LogP contribution in [0.1, 0.15) is 38.6 Å². The smallest absolute Gasteiger partial charge is 0.260 e.